The molecule has 12 heavy (non-hydrogen) atoms. The molecule has 1 radical (unpaired) electrons. The van der Waals surface area contributed by atoms with Crippen LogP contribution in [0.4, 0.5) is 0 Å². The maximum absolute atomic E-state index is 8.74. The van der Waals surface area contributed by atoms with E-state index in [-0.39, 0.29) is 46.6 Å². The molecular weight excluding hydrogens is 270 g/mol. The fourth-order valence-electron chi connectivity index (χ4n) is 0. The molecule has 0 heterocycles. The first-order valence-electron chi connectivity index (χ1n) is 1.40. The summed E-state index contributed by atoms with van der Waals surface area (Å²) in [4.78, 5) is 0. The molecule has 0 aromatic carbocycles. The average molecular weight is 275 g/mol. The van der Waals surface area contributed by atoms with Crippen LogP contribution in [0.15, 0.2) is 0 Å². The quantitative estimate of drug-likeness (QED) is 0.294. The Morgan fingerprint density at radius 3 is 0.667 bits per heavy atom. The van der Waals surface area contributed by atoms with Gasteiger partial charge in [0.1, 0.15) is 0 Å². The molecule has 0 aliphatic carbocycles. The van der Waals surface area contributed by atoms with E-state index in [4.69, 9.17) is 35.0 Å². The molecule has 0 unspecified atom stereocenters. The van der Waals surface area contributed by atoms with Gasteiger partial charge in [-0.3, -0.25) is 18.2 Å². The van der Waals surface area contributed by atoms with Crippen molar-refractivity contribution in [3.8, 4) is 0 Å². The summed E-state index contributed by atoms with van der Waals surface area (Å²) < 4.78 is 63.2. The summed E-state index contributed by atoms with van der Waals surface area (Å²) in [5.41, 5.74) is 0. The molecule has 8 nitrogen and oxygen atoms in total. The van der Waals surface area contributed by atoms with Gasteiger partial charge in [-0.25, -0.2) is 0 Å². The van der Waals surface area contributed by atoms with Crippen molar-refractivity contribution in [1.82, 2.24) is 0 Å². The molecule has 0 saturated carbocycles. The summed E-state index contributed by atoms with van der Waals surface area (Å²) >= 11 is 0. The summed E-state index contributed by atoms with van der Waals surface area (Å²) in [7, 11) is -9.33. The van der Waals surface area contributed by atoms with Crippen LogP contribution in [0.5, 0.6) is 0 Å². The Labute approximate surface area is 102 Å². The van der Waals surface area contributed by atoms with Crippen LogP contribution in [-0.2, 0) is 37.9 Å². The zero-order valence-electron chi connectivity index (χ0n) is 4.62. The Bertz CT molecular complexity index is 213. The van der Waals surface area contributed by atoms with Gasteiger partial charge in [0.15, 0.2) is 0 Å². The summed E-state index contributed by atoms with van der Waals surface area (Å²) in [6.45, 7) is 0. The van der Waals surface area contributed by atoms with Crippen LogP contribution in [-0.4, -0.2) is 64.6 Å². The normalized spacial score (nSPS) is 9.67. The third kappa shape index (κ3) is 747. The minimum absolute atomic E-state index is 0. The van der Waals surface area contributed by atoms with Crippen LogP contribution in [0, 0.1) is 0 Å². The van der Waals surface area contributed by atoms with Crippen molar-refractivity contribution >= 4 is 50.4 Å². The Kier molecular flexibility index (Phi) is 17.1. The van der Waals surface area contributed by atoms with E-state index < -0.39 is 20.8 Å². The van der Waals surface area contributed by atoms with Crippen LogP contribution in [0.2, 0.25) is 0 Å². The van der Waals surface area contributed by atoms with Crippen LogP contribution in [0.1, 0.15) is 0 Å². The van der Waals surface area contributed by atoms with Gasteiger partial charge in [-0.15, -0.1) is 0 Å². The van der Waals surface area contributed by atoms with Gasteiger partial charge in [0, 0.05) is 17.1 Å². The Balaban J connectivity index is -0.0000000457. The molecule has 0 atom stereocenters. The molecule has 0 spiro atoms. The van der Waals surface area contributed by atoms with Crippen LogP contribution in [0.25, 0.3) is 0 Å². The first kappa shape index (κ1) is 23.2. The summed E-state index contributed by atoms with van der Waals surface area (Å²) in [5, 5.41) is 0. The van der Waals surface area contributed by atoms with Crippen molar-refractivity contribution in [3.63, 3.8) is 0 Å². The SMILES string of the molecule is O=S(=O)(O)O.O=S(=O)(O)O.[Mn].[NaH]. The topological polar surface area (TPSA) is 149 Å². The van der Waals surface area contributed by atoms with Crippen molar-refractivity contribution < 1.29 is 52.1 Å². The van der Waals surface area contributed by atoms with Gasteiger partial charge in [-0.2, -0.15) is 16.8 Å². The molecule has 4 N–H and O–H groups in total. The third-order valence-corrected chi connectivity index (χ3v) is 0. The molecule has 0 saturated heterocycles. The zero-order valence-corrected chi connectivity index (χ0v) is 7.43. The molecule has 12 heteroatoms. The van der Waals surface area contributed by atoms with Crippen molar-refractivity contribution in [2.75, 3.05) is 0 Å². The van der Waals surface area contributed by atoms with Gasteiger partial charge in [0.05, 0.1) is 0 Å². The molecular formula is H5MnNaO8S2. The van der Waals surface area contributed by atoms with Crippen molar-refractivity contribution in [2.45, 2.75) is 0 Å². The molecule has 0 aromatic rings. The second kappa shape index (κ2) is 8.84. The van der Waals surface area contributed by atoms with Crippen LogP contribution < -0.4 is 0 Å². The molecule has 0 rings (SSSR count). The molecule has 0 aromatic heterocycles. The van der Waals surface area contributed by atoms with E-state index >= 15 is 0 Å². The molecule has 0 bridgehead atoms. The monoisotopic (exact) mass is 275 g/mol. The number of hydrogen-bond donors (Lipinski definition) is 4. The van der Waals surface area contributed by atoms with Crippen LogP contribution >= 0.6 is 0 Å². The van der Waals surface area contributed by atoms with Gasteiger partial charge >= 0.3 is 50.4 Å². The molecule has 0 fully saturated rings. The van der Waals surface area contributed by atoms with E-state index in [0.717, 1.165) is 0 Å². The maximum atomic E-state index is 8.74. The number of rotatable bonds is 0. The van der Waals surface area contributed by atoms with E-state index in [0.29, 0.717) is 0 Å². The van der Waals surface area contributed by atoms with Gasteiger partial charge in [-0.05, 0) is 0 Å². The Hall–Kier alpha value is 1.26. The molecule has 0 aliphatic rings. The van der Waals surface area contributed by atoms with Crippen molar-refractivity contribution in [2.24, 2.45) is 0 Å². The first-order chi connectivity index (χ1) is 4.00. The summed E-state index contributed by atoms with van der Waals surface area (Å²) in [5.74, 6) is 0. The average Bonchev–Trinajstić information content (AvgIpc) is 1.12. The van der Waals surface area contributed by atoms with E-state index in [2.05, 4.69) is 0 Å². The first-order valence-corrected chi connectivity index (χ1v) is 4.19. The standard InChI is InChI=1S/Mn.Na.2H2O4S.H/c;;2*1-5(2,3)4;/h;;2*(H2,1,2,3,4);. The second-order valence-electron chi connectivity index (χ2n) is 0.896. The van der Waals surface area contributed by atoms with Crippen molar-refractivity contribution in [1.29, 1.82) is 0 Å². The predicted octanol–water partition coefficient (Wildman–Crippen LogP) is -1.96. The molecule has 0 amide bonds. The van der Waals surface area contributed by atoms with E-state index in [1.807, 2.05) is 0 Å². The fourth-order valence-corrected chi connectivity index (χ4v) is 0. The predicted molar refractivity (Wildman–Crippen MR) is 35.5 cm³/mol. The van der Waals surface area contributed by atoms with E-state index in [1.54, 1.807) is 0 Å². The van der Waals surface area contributed by atoms with E-state index in [1.165, 1.54) is 0 Å². The van der Waals surface area contributed by atoms with Gasteiger partial charge in [0.25, 0.3) is 0 Å². The van der Waals surface area contributed by atoms with E-state index in [9.17, 15) is 0 Å². The second-order valence-corrected chi connectivity index (χ2v) is 2.69. The minimum atomic E-state index is -4.67. The molecule has 73 valence electrons. The Morgan fingerprint density at radius 2 is 0.667 bits per heavy atom. The van der Waals surface area contributed by atoms with Gasteiger partial charge in [-0.1, -0.05) is 0 Å². The summed E-state index contributed by atoms with van der Waals surface area (Å²) in [6, 6.07) is 0. The third-order valence-electron chi connectivity index (χ3n) is 0. The zero-order chi connectivity index (χ0) is 9.00. The van der Waals surface area contributed by atoms with Crippen molar-refractivity contribution in [3.05, 3.63) is 0 Å². The Morgan fingerprint density at radius 1 is 0.667 bits per heavy atom. The molecule has 0 aliphatic heterocycles. The van der Waals surface area contributed by atoms with Gasteiger partial charge in [0.2, 0.25) is 0 Å². The number of hydrogen-bond acceptors (Lipinski definition) is 4. The summed E-state index contributed by atoms with van der Waals surface area (Å²) in [6.07, 6.45) is 0. The van der Waals surface area contributed by atoms with Gasteiger partial charge < -0.3 is 0 Å². The fraction of sp³-hybridized carbons (Fsp3) is 0. The van der Waals surface area contributed by atoms with Crippen LogP contribution in [0.3, 0.4) is 0 Å².